The van der Waals surface area contributed by atoms with Crippen LogP contribution in [0.2, 0.25) is 5.02 Å². The van der Waals surface area contributed by atoms with Crippen LogP contribution in [0.4, 0.5) is 5.69 Å². The van der Waals surface area contributed by atoms with Crippen LogP contribution in [0.25, 0.3) is 0 Å². The van der Waals surface area contributed by atoms with E-state index in [0.29, 0.717) is 35.2 Å². The number of carbonyl (C=O) groups is 1. The fourth-order valence-electron chi connectivity index (χ4n) is 3.13. The summed E-state index contributed by atoms with van der Waals surface area (Å²) in [6.45, 7) is 4.03. The van der Waals surface area contributed by atoms with Crippen molar-refractivity contribution in [2.24, 2.45) is 0 Å². The number of carbonyl (C=O) groups excluding carboxylic acids is 1. The lowest BCUT2D eigenvalue weighted by Gasteiger charge is -2.30. The number of anilines is 1. The molecule has 0 aromatic heterocycles. The number of hydrogen-bond donors (Lipinski definition) is 1. The summed E-state index contributed by atoms with van der Waals surface area (Å²) < 4.78 is 34.0. The van der Waals surface area contributed by atoms with Gasteiger partial charge in [0.1, 0.15) is 17.5 Å². The Bertz CT molecular complexity index is 769. The van der Waals surface area contributed by atoms with E-state index < -0.39 is 15.9 Å². The fraction of sp³-hybridized carbons (Fsp3) is 0.588. The van der Waals surface area contributed by atoms with Gasteiger partial charge < -0.3 is 19.7 Å². The van der Waals surface area contributed by atoms with Gasteiger partial charge in [-0.05, 0) is 26.3 Å². The van der Waals surface area contributed by atoms with E-state index >= 15 is 0 Å². The monoisotopic (exact) mass is 404 g/mol. The first-order valence-electron chi connectivity index (χ1n) is 8.41. The highest BCUT2D eigenvalue weighted by molar-refractivity contribution is 7.91. The maximum Gasteiger partial charge on any atom is 0.245 e. The maximum absolute atomic E-state index is 12.9. The van der Waals surface area contributed by atoms with Crippen LogP contribution in [0.5, 0.6) is 11.5 Å². The summed E-state index contributed by atoms with van der Waals surface area (Å²) in [7, 11) is -0.0337. The van der Waals surface area contributed by atoms with Gasteiger partial charge in [0, 0.05) is 18.7 Å². The third-order valence-corrected chi connectivity index (χ3v) is 6.54. The largest absolute Gasteiger partial charge is 0.495 e. The number of ether oxygens (including phenoxy) is 2. The van der Waals surface area contributed by atoms with E-state index in [2.05, 4.69) is 5.32 Å². The smallest absolute Gasteiger partial charge is 0.245 e. The second-order valence-electron chi connectivity index (χ2n) is 6.23. The van der Waals surface area contributed by atoms with E-state index in [0.717, 1.165) is 0 Å². The highest BCUT2D eigenvalue weighted by atomic mass is 35.5. The number of nitrogens with zero attached hydrogens (tertiary/aromatic N) is 1. The molecule has 0 saturated carbocycles. The zero-order valence-corrected chi connectivity index (χ0v) is 17.0. The number of methoxy groups -OCH3 is 2. The highest BCUT2D eigenvalue weighted by Crippen LogP contribution is 2.36. The van der Waals surface area contributed by atoms with Gasteiger partial charge >= 0.3 is 0 Å². The number of hydrogen-bond acceptors (Lipinski definition) is 6. The van der Waals surface area contributed by atoms with Crippen molar-refractivity contribution >= 4 is 33.0 Å². The number of sulfone groups is 1. The van der Waals surface area contributed by atoms with E-state index in [1.807, 2.05) is 6.92 Å². The number of amides is 1. The minimum absolute atomic E-state index is 0.0248. The highest BCUT2D eigenvalue weighted by Gasteiger charge is 2.35. The molecule has 0 radical (unpaired) electrons. The molecule has 1 amide bonds. The molecule has 26 heavy (non-hydrogen) atoms. The van der Waals surface area contributed by atoms with Gasteiger partial charge in [-0.3, -0.25) is 4.79 Å². The fourth-order valence-corrected chi connectivity index (χ4v) is 5.10. The molecular formula is C17H25ClN2O5S. The van der Waals surface area contributed by atoms with Crippen LogP contribution in [0.15, 0.2) is 12.1 Å². The van der Waals surface area contributed by atoms with E-state index in [-0.39, 0.29) is 23.5 Å². The molecule has 1 N–H and O–H groups in total. The Hall–Kier alpha value is -1.67. The van der Waals surface area contributed by atoms with Crippen LogP contribution in [0.1, 0.15) is 20.3 Å². The van der Waals surface area contributed by atoms with Crippen LogP contribution >= 0.6 is 11.6 Å². The predicted octanol–water partition coefficient (Wildman–Crippen LogP) is 2.19. The van der Waals surface area contributed by atoms with Gasteiger partial charge in [-0.25, -0.2) is 8.42 Å². The molecule has 1 aromatic carbocycles. The molecule has 1 aliphatic rings. The number of nitrogens with one attached hydrogen (secondary N) is 1. The normalized spacial score (nSPS) is 19.7. The molecule has 0 spiro atoms. The van der Waals surface area contributed by atoms with Gasteiger partial charge in [0.25, 0.3) is 0 Å². The minimum Gasteiger partial charge on any atom is -0.495 e. The summed E-state index contributed by atoms with van der Waals surface area (Å²) in [5, 5.41) is 3.50. The Morgan fingerprint density at radius 2 is 2.00 bits per heavy atom. The van der Waals surface area contributed by atoms with E-state index in [4.69, 9.17) is 21.1 Å². The molecule has 2 atom stereocenters. The molecule has 1 aromatic rings. The van der Waals surface area contributed by atoms with Crippen LogP contribution in [-0.4, -0.2) is 63.6 Å². The molecule has 0 bridgehead atoms. The van der Waals surface area contributed by atoms with Gasteiger partial charge in [-0.2, -0.15) is 0 Å². The van der Waals surface area contributed by atoms with Gasteiger partial charge in [-0.15, -0.1) is 0 Å². The average Bonchev–Trinajstić information content (AvgIpc) is 2.95. The summed E-state index contributed by atoms with van der Waals surface area (Å²) in [6, 6.07) is 2.43. The van der Waals surface area contributed by atoms with Crippen molar-refractivity contribution in [2.75, 3.05) is 37.6 Å². The van der Waals surface area contributed by atoms with Crippen molar-refractivity contribution < 1.29 is 22.7 Å². The second kappa shape index (κ2) is 8.35. The first kappa shape index (κ1) is 20.6. The van der Waals surface area contributed by atoms with Crippen LogP contribution in [-0.2, 0) is 14.6 Å². The van der Waals surface area contributed by atoms with Gasteiger partial charge in [-0.1, -0.05) is 11.6 Å². The van der Waals surface area contributed by atoms with Crippen LogP contribution in [0.3, 0.4) is 0 Å². The van der Waals surface area contributed by atoms with Crippen molar-refractivity contribution in [2.45, 2.75) is 32.4 Å². The van der Waals surface area contributed by atoms with Crippen LogP contribution in [0, 0.1) is 0 Å². The van der Waals surface area contributed by atoms with Crippen molar-refractivity contribution in [1.29, 1.82) is 0 Å². The molecule has 1 fully saturated rings. The zero-order valence-electron chi connectivity index (χ0n) is 15.4. The number of rotatable bonds is 7. The van der Waals surface area contributed by atoms with Gasteiger partial charge in [0.05, 0.1) is 36.4 Å². The maximum atomic E-state index is 12.9. The third kappa shape index (κ3) is 4.54. The zero-order chi connectivity index (χ0) is 19.5. The summed E-state index contributed by atoms with van der Waals surface area (Å²) in [4.78, 5) is 14.5. The van der Waals surface area contributed by atoms with Gasteiger partial charge in [0.15, 0.2) is 9.84 Å². The Morgan fingerprint density at radius 1 is 1.35 bits per heavy atom. The molecule has 9 heteroatoms. The molecule has 0 aliphatic carbocycles. The molecule has 146 valence electrons. The first-order valence-corrected chi connectivity index (χ1v) is 10.6. The second-order valence-corrected chi connectivity index (χ2v) is 8.87. The molecule has 2 rings (SSSR count). The lowest BCUT2D eigenvalue weighted by atomic mass is 10.1. The summed E-state index contributed by atoms with van der Waals surface area (Å²) in [6.07, 6.45) is 0.478. The van der Waals surface area contributed by atoms with E-state index in [1.54, 1.807) is 24.0 Å². The van der Waals surface area contributed by atoms with Crippen LogP contribution < -0.4 is 14.8 Å². The molecule has 1 heterocycles. The standard InChI is InChI=1S/C17H25ClN2O5S/c1-5-20(12-6-7-26(22,23)10-12)17(21)11(2)19-14-8-13(18)15(24-3)9-16(14)25-4/h8-9,11-12,19H,5-7,10H2,1-4H3. The Kier molecular flexibility index (Phi) is 6.63. The lowest BCUT2D eigenvalue weighted by Crippen LogP contribution is -2.47. The minimum atomic E-state index is -3.06. The predicted molar refractivity (Wildman–Crippen MR) is 102 cm³/mol. The lowest BCUT2D eigenvalue weighted by molar-refractivity contribution is -0.133. The molecular weight excluding hydrogens is 380 g/mol. The van der Waals surface area contributed by atoms with Crippen molar-refractivity contribution in [3.63, 3.8) is 0 Å². The van der Waals surface area contributed by atoms with E-state index in [9.17, 15) is 13.2 Å². The van der Waals surface area contributed by atoms with Gasteiger partial charge in [0.2, 0.25) is 5.91 Å². The van der Waals surface area contributed by atoms with Crippen molar-refractivity contribution in [3.8, 4) is 11.5 Å². The molecule has 7 nitrogen and oxygen atoms in total. The van der Waals surface area contributed by atoms with Crippen molar-refractivity contribution in [3.05, 3.63) is 17.2 Å². The number of halogens is 1. The summed E-state index contributed by atoms with van der Waals surface area (Å²) >= 11 is 6.16. The molecule has 1 saturated heterocycles. The van der Waals surface area contributed by atoms with Crippen molar-refractivity contribution in [1.82, 2.24) is 4.90 Å². The SMILES string of the molecule is CCN(C(=O)C(C)Nc1cc(Cl)c(OC)cc1OC)C1CCS(=O)(=O)C1. The van der Waals surface area contributed by atoms with E-state index in [1.165, 1.54) is 14.2 Å². The quantitative estimate of drug-likeness (QED) is 0.749. The summed E-state index contributed by atoms with van der Waals surface area (Å²) in [5.41, 5.74) is 0.564. The molecule has 1 aliphatic heterocycles. The average molecular weight is 405 g/mol. The Balaban J connectivity index is 2.17. The third-order valence-electron chi connectivity index (χ3n) is 4.49. The molecule has 2 unspecified atom stereocenters. The topological polar surface area (TPSA) is 84.9 Å². The number of likely N-dealkylation sites (N-methyl/N-ethyl adjacent to an activating group) is 1. The Morgan fingerprint density at radius 3 is 2.50 bits per heavy atom. The summed E-state index contributed by atoms with van der Waals surface area (Å²) in [5.74, 6) is 0.961. The number of benzene rings is 1. The first-order chi connectivity index (χ1) is 12.2. The Labute approximate surface area is 159 Å².